The normalized spacial score (nSPS) is 12.1. The van der Waals surface area contributed by atoms with Gasteiger partial charge in [-0.2, -0.15) is 0 Å². The molecule has 0 aromatic heterocycles. The van der Waals surface area contributed by atoms with Crippen LogP contribution in [0.3, 0.4) is 0 Å². The Morgan fingerprint density at radius 2 is 2.00 bits per heavy atom. The Balaban J connectivity index is 3.28. The number of hydrogen-bond donors (Lipinski definition) is 3. The van der Waals surface area contributed by atoms with Crippen LogP contribution in [-0.4, -0.2) is 29.6 Å². The van der Waals surface area contributed by atoms with Crippen molar-refractivity contribution in [3.63, 3.8) is 0 Å². The van der Waals surface area contributed by atoms with Crippen LogP contribution in [0.1, 0.15) is 39.0 Å². The van der Waals surface area contributed by atoms with Gasteiger partial charge in [0, 0.05) is 19.4 Å². The second-order valence-electron chi connectivity index (χ2n) is 3.66. The van der Waals surface area contributed by atoms with E-state index in [-0.39, 0.29) is 11.8 Å². The maximum atomic E-state index is 11.1. The van der Waals surface area contributed by atoms with Gasteiger partial charge in [0.2, 0.25) is 11.8 Å². The molecule has 15 heavy (non-hydrogen) atoms. The Bertz CT molecular complexity index is 205. The molecule has 0 saturated heterocycles. The molecule has 0 rings (SSSR count). The van der Waals surface area contributed by atoms with E-state index in [0.717, 1.165) is 6.42 Å². The number of aliphatic hydroxyl groups excluding tert-OH is 1. The average Bonchev–Trinajstić information content (AvgIpc) is 2.13. The maximum absolute atomic E-state index is 11.1. The predicted octanol–water partition coefficient (Wildman–Crippen LogP) is -0.0808. The monoisotopic (exact) mass is 216 g/mol. The fraction of sp³-hybridized carbons (Fsp3) is 0.800. The molecule has 0 aliphatic carbocycles. The standard InChI is InChI=1S/C10H20N2O3/c1-8(13)5-6-10(15)12-7-3-2-4-9(11)14/h8,13H,2-7H2,1H3,(H2,11,14)(H,12,15). The summed E-state index contributed by atoms with van der Waals surface area (Å²) in [6, 6.07) is 0. The van der Waals surface area contributed by atoms with E-state index in [1.165, 1.54) is 0 Å². The molecule has 0 radical (unpaired) electrons. The van der Waals surface area contributed by atoms with Crippen molar-refractivity contribution in [2.45, 2.75) is 45.1 Å². The van der Waals surface area contributed by atoms with E-state index < -0.39 is 6.10 Å². The van der Waals surface area contributed by atoms with Gasteiger partial charge in [-0.15, -0.1) is 0 Å². The number of carbonyl (C=O) groups is 2. The molecule has 0 aromatic carbocycles. The van der Waals surface area contributed by atoms with Crippen molar-refractivity contribution < 1.29 is 14.7 Å². The van der Waals surface area contributed by atoms with E-state index in [1.54, 1.807) is 6.92 Å². The quantitative estimate of drug-likeness (QED) is 0.495. The third kappa shape index (κ3) is 10.8. The summed E-state index contributed by atoms with van der Waals surface area (Å²) in [5.41, 5.74) is 4.96. The second kappa shape index (κ2) is 8.23. The van der Waals surface area contributed by atoms with Gasteiger partial charge in [0.15, 0.2) is 0 Å². The third-order valence-electron chi connectivity index (χ3n) is 1.96. The molecule has 0 spiro atoms. The summed E-state index contributed by atoms with van der Waals surface area (Å²) in [6.07, 6.45) is 2.20. The number of rotatable bonds is 8. The molecule has 1 unspecified atom stereocenters. The molecule has 2 amide bonds. The van der Waals surface area contributed by atoms with E-state index in [4.69, 9.17) is 10.8 Å². The first-order valence-corrected chi connectivity index (χ1v) is 5.25. The number of hydrogen-bond acceptors (Lipinski definition) is 3. The largest absolute Gasteiger partial charge is 0.393 e. The molecular formula is C10H20N2O3. The Labute approximate surface area is 90.0 Å². The van der Waals surface area contributed by atoms with E-state index in [0.29, 0.717) is 32.2 Å². The van der Waals surface area contributed by atoms with Gasteiger partial charge in [-0.25, -0.2) is 0 Å². The van der Waals surface area contributed by atoms with Crippen LogP contribution in [0.2, 0.25) is 0 Å². The fourth-order valence-electron chi connectivity index (χ4n) is 1.08. The number of amides is 2. The number of nitrogens with two attached hydrogens (primary N) is 1. The van der Waals surface area contributed by atoms with Crippen molar-refractivity contribution in [3.05, 3.63) is 0 Å². The third-order valence-corrected chi connectivity index (χ3v) is 1.96. The second-order valence-corrected chi connectivity index (χ2v) is 3.66. The molecule has 0 fully saturated rings. The van der Waals surface area contributed by atoms with Crippen LogP contribution in [0.25, 0.3) is 0 Å². The summed E-state index contributed by atoms with van der Waals surface area (Å²) in [4.78, 5) is 21.5. The lowest BCUT2D eigenvalue weighted by Gasteiger charge is -2.05. The molecule has 88 valence electrons. The summed E-state index contributed by atoms with van der Waals surface area (Å²) in [7, 11) is 0. The van der Waals surface area contributed by atoms with Crippen molar-refractivity contribution in [1.29, 1.82) is 0 Å². The van der Waals surface area contributed by atoms with Gasteiger partial charge in [-0.05, 0) is 26.2 Å². The average molecular weight is 216 g/mol. The lowest BCUT2D eigenvalue weighted by molar-refractivity contribution is -0.121. The zero-order valence-corrected chi connectivity index (χ0v) is 9.16. The van der Waals surface area contributed by atoms with E-state index in [9.17, 15) is 9.59 Å². The number of nitrogens with one attached hydrogen (secondary N) is 1. The van der Waals surface area contributed by atoms with Gasteiger partial charge in [-0.1, -0.05) is 0 Å². The summed E-state index contributed by atoms with van der Waals surface area (Å²) in [6.45, 7) is 2.21. The minimum Gasteiger partial charge on any atom is -0.393 e. The smallest absolute Gasteiger partial charge is 0.220 e. The molecular weight excluding hydrogens is 196 g/mol. The molecule has 0 bridgehead atoms. The van der Waals surface area contributed by atoms with Crippen LogP contribution in [-0.2, 0) is 9.59 Å². The minimum absolute atomic E-state index is 0.0602. The van der Waals surface area contributed by atoms with E-state index >= 15 is 0 Å². The van der Waals surface area contributed by atoms with Crippen molar-refractivity contribution in [2.24, 2.45) is 5.73 Å². The minimum atomic E-state index is -0.439. The van der Waals surface area contributed by atoms with Crippen LogP contribution in [0.4, 0.5) is 0 Å². The summed E-state index contributed by atoms with van der Waals surface area (Å²) in [5.74, 6) is -0.370. The molecule has 4 N–H and O–H groups in total. The maximum Gasteiger partial charge on any atom is 0.220 e. The molecule has 0 saturated carbocycles. The summed E-state index contributed by atoms with van der Waals surface area (Å²) >= 11 is 0. The highest BCUT2D eigenvalue weighted by molar-refractivity contribution is 5.75. The highest BCUT2D eigenvalue weighted by Gasteiger charge is 2.03. The van der Waals surface area contributed by atoms with Crippen LogP contribution in [0.15, 0.2) is 0 Å². The number of primary amides is 1. The number of carbonyl (C=O) groups excluding carboxylic acids is 2. The topological polar surface area (TPSA) is 92.4 Å². The lowest BCUT2D eigenvalue weighted by atomic mass is 10.2. The van der Waals surface area contributed by atoms with Gasteiger partial charge in [0.25, 0.3) is 0 Å². The first-order chi connectivity index (χ1) is 7.02. The molecule has 1 atom stereocenters. The zero-order chi connectivity index (χ0) is 11.7. The van der Waals surface area contributed by atoms with Gasteiger partial charge in [-0.3, -0.25) is 9.59 Å². The first-order valence-electron chi connectivity index (χ1n) is 5.25. The Morgan fingerprint density at radius 1 is 1.33 bits per heavy atom. The molecule has 0 aromatic rings. The van der Waals surface area contributed by atoms with Gasteiger partial charge in [0.1, 0.15) is 0 Å². The highest BCUT2D eigenvalue weighted by Crippen LogP contribution is 1.96. The Hall–Kier alpha value is -1.10. The molecule has 0 heterocycles. The predicted molar refractivity (Wildman–Crippen MR) is 57.0 cm³/mol. The van der Waals surface area contributed by atoms with Crippen molar-refractivity contribution >= 4 is 11.8 Å². The zero-order valence-electron chi connectivity index (χ0n) is 9.16. The Kier molecular flexibility index (Phi) is 7.62. The van der Waals surface area contributed by atoms with E-state index in [1.807, 2.05) is 0 Å². The lowest BCUT2D eigenvalue weighted by Crippen LogP contribution is -2.25. The van der Waals surface area contributed by atoms with Gasteiger partial charge >= 0.3 is 0 Å². The van der Waals surface area contributed by atoms with Crippen LogP contribution < -0.4 is 11.1 Å². The van der Waals surface area contributed by atoms with Crippen LogP contribution in [0, 0.1) is 0 Å². The number of unbranched alkanes of at least 4 members (excludes halogenated alkanes) is 1. The molecule has 0 aliphatic heterocycles. The van der Waals surface area contributed by atoms with Gasteiger partial charge < -0.3 is 16.2 Å². The first kappa shape index (κ1) is 13.9. The van der Waals surface area contributed by atoms with Crippen molar-refractivity contribution in [2.75, 3.05) is 6.54 Å². The summed E-state index contributed by atoms with van der Waals surface area (Å²) in [5, 5.41) is 11.7. The van der Waals surface area contributed by atoms with Gasteiger partial charge in [0.05, 0.1) is 6.10 Å². The van der Waals surface area contributed by atoms with Crippen LogP contribution >= 0.6 is 0 Å². The molecule has 5 nitrogen and oxygen atoms in total. The Morgan fingerprint density at radius 3 is 2.53 bits per heavy atom. The summed E-state index contributed by atoms with van der Waals surface area (Å²) < 4.78 is 0. The van der Waals surface area contributed by atoms with Crippen LogP contribution in [0.5, 0.6) is 0 Å². The van der Waals surface area contributed by atoms with Crippen molar-refractivity contribution in [3.8, 4) is 0 Å². The van der Waals surface area contributed by atoms with Crippen molar-refractivity contribution in [1.82, 2.24) is 5.32 Å². The van der Waals surface area contributed by atoms with E-state index in [2.05, 4.69) is 5.32 Å². The fourth-order valence-corrected chi connectivity index (χ4v) is 1.08. The highest BCUT2D eigenvalue weighted by atomic mass is 16.3. The SMILES string of the molecule is CC(O)CCC(=O)NCCCCC(N)=O. The number of aliphatic hydroxyl groups is 1. The molecule has 0 aliphatic rings. The molecule has 5 heteroatoms.